The first-order valence-corrected chi connectivity index (χ1v) is 14.8. The normalized spacial score (nSPS) is 18.7. The van der Waals surface area contributed by atoms with Gasteiger partial charge in [-0.1, -0.05) is 48.9 Å². The monoisotopic (exact) mass is 525 g/mol. The second-order valence-electron chi connectivity index (χ2n) is 10.6. The van der Waals surface area contributed by atoms with E-state index >= 15 is 0 Å². The fourth-order valence-electron chi connectivity index (χ4n) is 5.40. The topological polar surface area (TPSA) is 63.3 Å². The van der Waals surface area contributed by atoms with Gasteiger partial charge in [-0.2, -0.15) is 0 Å². The Morgan fingerprint density at radius 2 is 1.74 bits per heavy atom. The summed E-state index contributed by atoms with van der Waals surface area (Å²) in [5, 5.41) is 2.69. The number of morpholine rings is 1. The molecular weight excluding hydrogens is 478 g/mol. The third-order valence-electron chi connectivity index (χ3n) is 7.70. The largest absolute Gasteiger partial charge is 0.379 e. The van der Waals surface area contributed by atoms with E-state index in [0.29, 0.717) is 13.0 Å². The number of unbranched alkanes of at least 4 members (excludes halogenated alkanes) is 3. The predicted octanol–water partition coefficient (Wildman–Crippen LogP) is 4.93. The lowest BCUT2D eigenvalue weighted by molar-refractivity contribution is -0.200. The first-order chi connectivity index (χ1) is 18.8. The summed E-state index contributed by atoms with van der Waals surface area (Å²) in [7, 11) is 0. The van der Waals surface area contributed by atoms with Crippen molar-refractivity contribution in [1.29, 1.82) is 0 Å². The molecule has 4 rings (SSSR count). The molecule has 0 aliphatic carbocycles. The number of carbonyl (C=O) groups excluding carboxylic acids is 1. The van der Waals surface area contributed by atoms with E-state index in [1.165, 1.54) is 35.7 Å². The third kappa shape index (κ3) is 10.3. The van der Waals surface area contributed by atoms with Crippen LogP contribution in [0, 0.1) is 0 Å². The van der Waals surface area contributed by atoms with Crippen molar-refractivity contribution in [2.24, 2.45) is 0 Å². The molecule has 1 atom stereocenters. The van der Waals surface area contributed by atoms with Crippen LogP contribution in [-0.2, 0) is 25.5 Å². The number of hydrogen-bond acceptors (Lipinski definition) is 6. The van der Waals surface area contributed by atoms with Crippen molar-refractivity contribution in [3.63, 3.8) is 0 Å². The molecule has 1 N–H and O–H groups in total. The minimum atomic E-state index is -0.286. The molecule has 2 aliphatic heterocycles. The van der Waals surface area contributed by atoms with E-state index < -0.39 is 0 Å². The minimum Gasteiger partial charge on any atom is -0.379 e. The van der Waals surface area contributed by atoms with Gasteiger partial charge >= 0.3 is 0 Å². The van der Waals surface area contributed by atoms with E-state index in [-0.39, 0.29) is 12.2 Å². The number of fused-ring (bicyclic) bond motifs is 1. The molecule has 0 aromatic heterocycles. The average Bonchev–Trinajstić information content (AvgIpc) is 2.97. The number of ether oxygens (including phenoxy) is 2. The highest BCUT2D eigenvalue weighted by Gasteiger charge is 2.16. The van der Waals surface area contributed by atoms with Crippen LogP contribution >= 0.6 is 0 Å². The molecule has 38 heavy (non-hydrogen) atoms. The van der Waals surface area contributed by atoms with Crippen molar-refractivity contribution >= 4 is 16.7 Å². The standard InChI is InChI=1S/C31H47N3O4/c35-30(32-38-31-16-5-9-24-37-31)15-2-1-6-18-33(19-7-8-20-34-22-25-36-26-23-34)21-17-28-13-10-12-27-11-3-4-14-29(27)28/h3-4,10-14,31H,1-2,5-9,15-26H2,(H,32,35). The van der Waals surface area contributed by atoms with Crippen LogP contribution in [0.4, 0.5) is 0 Å². The molecule has 7 heteroatoms. The summed E-state index contributed by atoms with van der Waals surface area (Å²) in [6.45, 7) is 9.04. The molecule has 210 valence electrons. The summed E-state index contributed by atoms with van der Waals surface area (Å²) in [4.78, 5) is 22.7. The fourth-order valence-corrected chi connectivity index (χ4v) is 5.40. The molecule has 2 aromatic rings. The van der Waals surface area contributed by atoms with E-state index in [0.717, 1.165) is 90.9 Å². The molecule has 2 saturated heterocycles. The Morgan fingerprint density at radius 3 is 2.58 bits per heavy atom. The summed E-state index contributed by atoms with van der Waals surface area (Å²) in [5.74, 6) is -0.0462. The zero-order chi connectivity index (χ0) is 26.3. The molecule has 1 unspecified atom stereocenters. The van der Waals surface area contributed by atoms with Crippen molar-refractivity contribution in [3.8, 4) is 0 Å². The minimum absolute atomic E-state index is 0.0462. The number of benzene rings is 2. The summed E-state index contributed by atoms with van der Waals surface area (Å²) >= 11 is 0. The number of nitrogens with zero attached hydrogens (tertiary/aromatic N) is 2. The smallest absolute Gasteiger partial charge is 0.243 e. The van der Waals surface area contributed by atoms with Gasteiger partial charge in [0.25, 0.3) is 0 Å². The molecule has 2 aromatic carbocycles. The van der Waals surface area contributed by atoms with Gasteiger partial charge in [0, 0.05) is 39.1 Å². The quantitative estimate of drug-likeness (QED) is 0.248. The van der Waals surface area contributed by atoms with Gasteiger partial charge in [-0.25, -0.2) is 10.3 Å². The van der Waals surface area contributed by atoms with E-state index in [1.807, 2.05) is 0 Å². The maximum Gasteiger partial charge on any atom is 0.243 e. The Bertz CT molecular complexity index is 938. The number of rotatable bonds is 16. The van der Waals surface area contributed by atoms with Gasteiger partial charge in [-0.3, -0.25) is 9.69 Å². The predicted molar refractivity (Wildman–Crippen MR) is 152 cm³/mol. The molecule has 0 saturated carbocycles. The molecule has 1 amide bonds. The van der Waals surface area contributed by atoms with Gasteiger partial charge in [0.2, 0.25) is 5.91 Å². The Kier molecular flexibility index (Phi) is 12.8. The molecular formula is C31H47N3O4. The highest BCUT2D eigenvalue weighted by molar-refractivity contribution is 5.85. The SMILES string of the molecule is O=C(CCCCCN(CCCCN1CCOCC1)CCc1cccc2ccccc12)NOC1CCCCO1. The van der Waals surface area contributed by atoms with Crippen molar-refractivity contribution in [3.05, 3.63) is 48.0 Å². The second kappa shape index (κ2) is 16.8. The van der Waals surface area contributed by atoms with E-state index in [1.54, 1.807) is 0 Å². The van der Waals surface area contributed by atoms with Gasteiger partial charge in [0.1, 0.15) is 0 Å². The van der Waals surface area contributed by atoms with Crippen LogP contribution in [0.5, 0.6) is 0 Å². The molecule has 2 heterocycles. The number of carbonyl (C=O) groups is 1. The first-order valence-electron chi connectivity index (χ1n) is 14.8. The van der Waals surface area contributed by atoms with Crippen LogP contribution in [0.15, 0.2) is 42.5 Å². The third-order valence-corrected chi connectivity index (χ3v) is 7.70. The van der Waals surface area contributed by atoms with Crippen LogP contribution in [0.2, 0.25) is 0 Å². The van der Waals surface area contributed by atoms with Gasteiger partial charge in [-0.05, 0) is 80.9 Å². The molecule has 0 radical (unpaired) electrons. The highest BCUT2D eigenvalue weighted by atomic mass is 16.8. The van der Waals surface area contributed by atoms with Gasteiger partial charge in [0.05, 0.1) is 13.2 Å². The number of hydroxylamine groups is 1. The summed E-state index contributed by atoms with van der Waals surface area (Å²) in [5.41, 5.74) is 4.01. The molecule has 0 bridgehead atoms. The summed E-state index contributed by atoms with van der Waals surface area (Å²) in [6, 6.07) is 15.4. The van der Waals surface area contributed by atoms with E-state index in [2.05, 4.69) is 57.7 Å². The van der Waals surface area contributed by atoms with Crippen LogP contribution in [0.25, 0.3) is 10.8 Å². The van der Waals surface area contributed by atoms with Crippen molar-refractivity contribution < 1.29 is 19.1 Å². The van der Waals surface area contributed by atoms with E-state index in [4.69, 9.17) is 14.3 Å². The fraction of sp³-hybridized carbons (Fsp3) is 0.645. The van der Waals surface area contributed by atoms with Crippen molar-refractivity contribution in [2.75, 3.05) is 59.1 Å². The van der Waals surface area contributed by atoms with E-state index in [9.17, 15) is 4.79 Å². The maximum atomic E-state index is 12.1. The molecule has 7 nitrogen and oxygen atoms in total. The Balaban J connectivity index is 1.17. The van der Waals surface area contributed by atoms with Crippen molar-refractivity contribution in [1.82, 2.24) is 15.3 Å². The molecule has 2 aliphatic rings. The number of nitrogens with one attached hydrogen (secondary N) is 1. The zero-order valence-electron chi connectivity index (χ0n) is 23.1. The maximum absolute atomic E-state index is 12.1. The zero-order valence-corrected chi connectivity index (χ0v) is 23.1. The highest BCUT2D eigenvalue weighted by Crippen LogP contribution is 2.19. The first kappa shape index (κ1) is 29.0. The van der Waals surface area contributed by atoms with Crippen molar-refractivity contribution in [2.45, 2.75) is 70.5 Å². The lowest BCUT2D eigenvalue weighted by Gasteiger charge is -2.27. The van der Waals surface area contributed by atoms with Crippen LogP contribution in [-0.4, -0.2) is 81.1 Å². The summed E-state index contributed by atoms with van der Waals surface area (Å²) < 4.78 is 11.0. The van der Waals surface area contributed by atoms with Crippen LogP contribution in [0.1, 0.15) is 63.4 Å². The molecule has 2 fully saturated rings. The number of amides is 1. The lowest BCUT2D eigenvalue weighted by Crippen LogP contribution is -2.37. The lowest BCUT2D eigenvalue weighted by atomic mass is 10.0. The summed E-state index contributed by atoms with van der Waals surface area (Å²) in [6.07, 6.45) is 9.78. The number of hydrogen-bond donors (Lipinski definition) is 1. The Labute approximate surface area is 228 Å². The second-order valence-corrected chi connectivity index (χ2v) is 10.6. The van der Waals surface area contributed by atoms with Gasteiger partial charge in [0.15, 0.2) is 6.29 Å². The Morgan fingerprint density at radius 1 is 0.921 bits per heavy atom. The average molecular weight is 526 g/mol. The van der Waals surface area contributed by atoms with Gasteiger partial charge in [-0.15, -0.1) is 0 Å². The van der Waals surface area contributed by atoms with Crippen LogP contribution < -0.4 is 5.48 Å². The Hall–Kier alpha value is -2.03. The molecule has 0 spiro atoms. The van der Waals surface area contributed by atoms with Gasteiger partial charge < -0.3 is 14.4 Å². The van der Waals surface area contributed by atoms with Crippen LogP contribution in [0.3, 0.4) is 0 Å².